The Morgan fingerprint density at radius 2 is 1.45 bits per heavy atom. The second-order valence-corrected chi connectivity index (χ2v) is 20.7. The number of hydrogen-bond acceptors (Lipinski definition) is 14. The van der Waals surface area contributed by atoms with Crippen LogP contribution in [-0.4, -0.2) is 102 Å². The number of carbonyl (C=O) groups excluding carboxylic acids is 4. The fourth-order valence-electron chi connectivity index (χ4n) is 12.3. The van der Waals surface area contributed by atoms with Gasteiger partial charge in [0, 0.05) is 37.3 Å². The number of amides is 3. The van der Waals surface area contributed by atoms with Crippen LogP contribution < -0.4 is 19.1 Å². The highest BCUT2D eigenvalue weighted by Crippen LogP contribution is 2.66. The molecule has 1 spiro atoms. The zero-order valence-corrected chi connectivity index (χ0v) is 45.4. The maximum atomic E-state index is 17.0. The van der Waals surface area contributed by atoms with E-state index in [1.165, 1.54) is 31.4 Å². The van der Waals surface area contributed by atoms with Gasteiger partial charge in [-0.15, -0.1) is 0 Å². The molecule has 0 aliphatic carbocycles. The molecule has 17 heteroatoms. The van der Waals surface area contributed by atoms with E-state index >= 15 is 19.2 Å². The number of fused-ring (bicyclic) bond motifs is 4. The molecular weight excluding hydrogens is 1040 g/mol. The average molecular weight is 1100 g/mol. The van der Waals surface area contributed by atoms with Crippen molar-refractivity contribution in [3.63, 3.8) is 0 Å². The van der Waals surface area contributed by atoms with Crippen molar-refractivity contribution in [1.29, 1.82) is 0 Å². The van der Waals surface area contributed by atoms with Crippen LogP contribution in [0, 0.1) is 27.9 Å². The lowest BCUT2D eigenvalue weighted by Gasteiger charge is -2.46. The van der Waals surface area contributed by atoms with Gasteiger partial charge in [-0.3, -0.25) is 34.3 Å². The monoisotopic (exact) mass is 1100 g/mol. The molecule has 4 heterocycles. The van der Waals surface area contributed by atoms with Gasteiger partial charge in [0.15, 0.2) is 11.5 Å². The minimum Gasteiger partial charge on any atom is -0.493 e. The number of rotatable bonds is 15. The lowest BCUT2D eigenvalue weighted by atomic mass is 9.64. The molecule has 82 heavy (non-hydrogen) atoms. The topological polar surface area (TPSA) is 191 Å². The largest absolute Gasteiger partial charge is 0.493 e. The maximum Gasteiger partial charge on any atom is 0.421 e. The van der Waals surface area contributed by atoms with E-state index in [4.69, 9.17) is 23.7 Å². The normalized spacial score (nSPS) is 20.7. The van der Waals surface area contributed by atoms with Crippen LogP contribution >= 0.6 is 0 Å². The summed E-state index contributed by atoms with van der Waals surface area (Å²) in [5.74, 6) is 4.20. The molecule has 11 rings (SSSR count). The molecule has 0 saturated carbocycles. The van der Waals surface area contributed by atoms with E-state index in [2.05, 4.69) is 16.7 Å². The van der Waals surface area contributed by atoms with Crippen LogP contribution in [0.1, 0.15) is 68.3 Å². The molecule has 4 aliphatic heterocycles. The number of carbonyl (C=O) groups is 4. The number of aliphatic hydroxyl groups excluding tert-OH is 1. The van der Waals surface area contributed by atoms with Gasteiger partial charge >= 0.3 is 12.1 Å². The molecule has 17 nitrogen and oxygen atoms in total. The van der Waals surface area contributed by atoms with Gasteiger partial charge < -0.3 is 33.7 Å². The number of imide groups is 1. The minimum atomic E-state index is -2.16. The first-order chi connectivity index (χ1) is 39.9. The zero-order chi connectivity index (χ0) is 57.1. The lowest BCUT2D eigenvalue weighted by molar-refractivity contribution is -0.384. The van der Waals surface area contributed by atoms with Crippen LogP contribution in [0.4, 0.5) is 16.2 Å². The van der Waals surface area contributed by atoms with Gasteiger partial charge in [-0.05, 0) is 113 Å². The summed E-state index contributed by atoms with van der Waals surface area (Å²) >= 11 is 0. The summed E-state index contributed by atoms with van der Waals surface area (Å²) in [6.45, 7) is 0.498. The first-order valence-electron chi connectivity index (χ1n) is 27.0. The molecule has 0 unspecified atom stereocenters. The first-order valence-corrected chi connectivity index (χ1v) is 27.0. The summed E-state index contributed by atoms with van der Waals surface area (Å²) in [7, 11) is 5.05. The first kappa shape index (κ1) is 54.6. The Morgan fingerprint density at radius 3 is 2.13 bits per heavy atom. The third kappa shape index (κ3) is 10.2. The smallest absolute Gasteiger partial charge is 0.421 e. The minimum absolute atomic E-state index is 0.0619. The quantitative estimate of drug-likeness (QED) is 0.0443. The highest BCUT2D eigenvalue weighted by molar-refractivity contribution is 6.23. The number of ether oxygens (including phenoxy) is 5. The molecule has 0 radical (unpaired) electrons. The Bertz CT molecular complexity index is 3610. The van der Waals surface area contributed by atoms with E-state index < -0.39 is 64.4 Å². The van der Waals surface area contributed by atoms with Crippen LogP contribution in [-0.2, 0) is 55.4 Å². The number of hydrogen-bond donors (Lipinski definition) is 1. The van der Waals surface area contributed by atoms with Crippen LogP contribution in [0.3, 0.4) is 0 Å². The number of methoxy groups -OCH3 is 2. The van der Waals surface area contributed by atoms with Crippen LogP contribution in [0.25, 0.3) is 0 Å². The van der Waals surface area contributed by atoms with E-state index in [1.807, 2.05) is 121 Å². The standard InChI is InChI=1S/C65H59N5O12/c1-66(39-43-15-7-4-8-16-43)31-14-17-42-26-29-53-52(35-42)65(63(74)68(53)64(75)81-41-44-24-27-50(28-25-44)70(76)77)56(61(72)67-32-30-47-37-54(78-2)55(79-3)38-49(47)40-67)58-62(73)82-59(46-20-11-6-12-21-46)57(45-18-9-5-10-19-45)69(58)60(65)48-22-13-23-51(36-48)80-34-33-71/h4-13,15-16,18-29,35-38,56-60,71H,30-34,39-41H2,1-3H3/t56-,57-,58-,59+,60+,65-/m1/s1. The molecule has 1 N–H and O–H groups in total. The number of esters is 1. The van der Waals surface area contributed by atoms with Crippen molar-refractivity contribution in [2.75, 3.05) is 52.5 Å². The van der Waals surface area contributed by atoms with Gasteiger partial charge in [0.1, 0.15) is 36.5 Å². The number of cyclic esters (lactones) is 1. The maximum absolute atomic E-state index is 17.0. The summed E-state index contributed by atoms with van der Waals surface area (Å²) in [6.07, 6.45) is -1.68. The molecule has 7 aromatic carbocycles. The Kier molecular flexibility index (Phi) is 15.6. The highest BCUT2D eigenvalue weighted by atomic mass is 16.6. The molecule has 4 aliphatic rings. The second-order valence-electron chi connectivity index (χ2n) is 20.7. The predicted octanol–water partition coefficient (Wildman–Crippen LogP) is 9.05. The number of benzene rings is 7. The fourth-order valence-corrected chi connectivity index (χ4v) is 12.3. The summed E-state index contributed by atoms with van der Waals surface area (Å²) in [4.78, 5) is 82.5. The molecule has 0 aromatic heterocycles. The van der Waals surface area contributed by atoms with Crippen molar-refractivity contribution in [3.05, 3.63) is 230 Å². The zero-order valence-electron chi connectivity index (χ0n) is 45.4. The van der Waals surface area contributed by atoms with Crippen LogP contribution in [0.15, 0.2) is 170 Å². The molecule has 2 fully saturated rings. The number of morpholine rings is 1. The van der Waals surface area contributed by atoms with Crippen molar-refractivity contribution in [2.24, 2.45) is 5.92 Å². The highest BCUT2D eigenvalue weighted by Gasteiger charge is 2.76. The van der Waals surface area contributed by atoms with Gasteiger partial charge in [-0.25, -0.2) is 9.69 Å². The third-order valence-electron chi connectivity index (χ3n) is 15.9. The van der Waals surface area contributed by atoms with Crippen molar-refractivity contribution < 1.29 is 52.9 Å². The summed E-state index contributed by atoms with van der Waals surface area (Å²) in [6, 6.07) is 46.5. The van der Waals surface area contributed by atoms with E-state index in [1.54, 1.807) is 48.4 Å². The molecule has 0 bridgehead atoms. The Morgan fingerprint density at radius 1 is 0.780 bits per heavy atom. The average Bonchev–Trinajstić information content (AvgIpc) is 1.79. The molecule has 6 atom stereocenters. The Balaban J connectivity index is 1.15. The number of nitro groups is 1. The Hall–Kier alpha value is -9.34. The summed E-state index contributed by atoms with van der Waals surface area (Å²) < 4.78 is 30.2. The molecular formula is C65H59N5O12. The van der Waals surface area contributed by atoms with Crippen molar-refractivity contribution in [1.82, 2.24) is 14.7 Å². The summed E-state index contributed by atoms with van der Waals surface area (Å²) in [5, 5.41) is 21.5. The van der Waals surface area contributed by atoms with Crippen molar-refractivity contribution in [2.45, 2.75) is 55.8 Å². The van der Waals surface area contributed by atoms with Crippen molar-refractivity contribution in [3.8, 4) is 29.1 Å². The molecule has 416 valence electrons. The molecule has 3 amide bonds. The number of anilines is 1. The van der Waals surface area contributed by atoms with E-state index in [9.17, 15) is 15.2 Å². The van der Waals surface area contributed by atoms with Gasteiger partial charge in [0.05, 0.1) is 56.0 Å². The molecule has 7 aromatic rings. The fraction of sp³-hybridized carbons (Fsp3) is 0.262. The predicted molar refractivity (Wildman–Crippen MR) is 303 cm³/mol. The Labute approximate surface area is 474 Å². The number of nitrogens with zero attached hydrogens (tertiary/aromatic N) is 5. The van der Waals surface area contributed by atoms with Crippen LogP contribution in [0.5, 0.6) is 17.2 Å². The van der Waals surface area contributed by atoms with Gasteiger partial charge in [-0.2, -0.15) is 0 Å². The van der Waals surface area contributed by atoms with E-state index in [0.29, 0.717) is 64.6 Å². The van der Waals surface area contributed by atoms with Crippen molar-refractivity contribution >= 4 is 35.3 Å². The van der Waals surface area contributed by atoms with Gasteiger partial charge in [0.25, 0.3) is 5.69 Å². The lowest BCUT2D eigenvalue weighted by Crippen LogP contribution is -2.57. The number of aliphatic hydroxyl groups is 1. The third-order valence-corrected chi connectivity index (χ3v) is 15.9. The van der Waals surface area contributed by atoms with Crippen LogP contribution in [0.2, 0.25) is 0 Å². The number of non-ortho nitro benzene ring substituents is 1. The SMILES string of the molecule is COc1cc2c(cc1OC)CN(C(=O)[C@H]1[C@@H]3C(=O)O[C@@H](c4ccccc4)[C@@H](c4ccccc4)N3[C@@H](c3cccc(OCCO)c3)[C@]13C(=O)N(C(=O)OCc1ccc([N+](=O)[O-])cc1)c1ccc(C#CCN(C)Cc4ccccc4)cc13)CC2. The van der Waals surface area contributed by atoms with Gasteiger partial charge in [-0.1, -0.05) is 115 Å². The van der Waals surface area contributed by atoms with E-state index in [-0.39, 0.29) is 49.8 Å². The molecule has 2 saturated heterocycles. The van der Waals surface area contributed by atoms with E-state index in [0.717, 1.165) is 21.6 Å². The summed E-state index contributed by atoms with van der Waals surface area (Å²) in [5.41, 5.74) is 3.54. The number of nitro benzene ring substituents is 1. The second kappa shape index (κ2) is 23.4. The van der Waals surface area contributed by atoms with Gasteiger partial charge in [0.2, 0.25) is 11.8 Å².